The van der Waals surface area contributed by atoms with Crippen LogP contribution in [0.4, 0.5) is 0 Å². The lowest BCUT2D eigenvalue weighted by Gasteiger charge is -2.59. The third kappa shape index (κ3) is 3.40. The monoisotopic (exact) mass is 407 g/mol. The number of carbonyl (C=O) groups excluding carboxylic acids is 1. The maximum absolute atomic E-state index is 12.9. The van der Waals surface area contributed by atoms with E-state index in [4.69, 9.17) is 9.47 Å². The lowest BCUT2D eigenvalue weighted by molar-refractivity contribution is -0.144. The normalized spacial score (nSPS) is 35.4. The van der Waals surface area contributed by atoms with Gasteiger partial charge in [0.25, 0.3) is 0 Å². The molecule has 4 bridgehead atoms. The van der Waals surface area contributed by atoms with Crippen LogP contribution in [-0.2, 0) is 4.79 Å². The van der Waals surface area contributed by atoms with E-state index in [0.29, 0.717) is 13.2 Å². The molecule has 136 valence electrons. The first-order chi connectivity index (χ1) is 12.0. The zero-order valence-electron chi connectivity index (χ0n) is 14.7. The molecule has 0 radical (unpaired) electrons. The van der Waals surface area contributed by atoms with Crippen molar-refractivity contribution in [2.45, 2.75) is 42.8 Å². The number of halogens is 1. The van der Waals surface area contributed by atoms with Crippen molar-refractivity contribution in [3.05, 3.63) is 24.3 Å². The van der Waals surface area contributed by atoms with Crippen molar-refractivity contribution in [2.75, 3.05) is 20.3 Å². The van der Waals surface area contributed by atoms with Crippen molar-refractivity contribution in [3.8, 4) is 11.5 Å². The Morgan fingerprint density at radius 2 is 1.96 bits per heavy atom. The van der Waals surface area contributed by atoms with Crippen molar-refractivity contribution in [2.24, 2.45) is 17.3 Å². The predicted molar refractivity (Wildman–Crippen MR) is 100 cm³/mol. The molecular formula is C20H26BrNO3. The first-order valence-electron chi connectivity index (χ1n) is 9.24. The Kier molecular flexibility index (Phi) is 4.47. The fourth-order valence-corrected chi connectivity index (χ4v) is 7.08. The van der Waals surface area contributed by atoms with Gasteiger partial charge in [-0.3, -0.25) is 4.79 Å². The molecule has 4 aliphatic carbocycles. The van der Waals surface area contributed by atoms with Crippen molar-refractivity contribution in [3.63, 3.8) is 0 Å². The highest BCUT2D eigenvalue weighted by atomic mass is 79.9. The second-order valence-electron chi connectivity index (χ2n) is 8.18. The number of amides is 1. The predicted octanol–water partition coefficient (Wildman–Crippen LogP) is 3.92. The van der Waals surface area contributed by atoms with Crippen molar-refractivity contribution >= 4 is 21.8 Å². The fourth-order valence-electron chi connectivity index (χ4n) is 5.63. The number of hydrogen-bond acceptors (Lipinski definition) is 3. The van der Waals surface area contributed by atoms with Gasteiger partial charge in [0.15, 0.2) is 0 Å². The molecule has 0 aromatic heterocycles. The molecule has 0 aliphatic heterocycles. The molecule has 1 N–H and O–H groups in total. The fraction of sp³-hybridized carbons (Fsp3) is 0.650. The van der Waals surface area contributed by atoms with Crippen LogP contribution in [-0.4, -0.2) is 30.5 Å². The average molecular weight is 408 g/mol. The van der Waals surface area contributed by atoms with Crippen molar-refractivity contribution in [1.82, 2.24) is 5.32 Å². The maximum atomic E-state index is 12.9. The van der Waals surface area contributed by atoms with Gasteiger partial charge < -0.3 is 14.8 Å². The molecule has 1 aromatic rings. The standard InChI is InChI=1S/C20H26BrNO3/c1-24-16-3-2-4-17(8-16)25-6-5-22-18(23)19-9-14-7-15(10-19)12-20(21,11-14)13-19/h2-4,8,14-15H,5-7,9-13H2,1H3,(H,22,23). The Morgan fingerprint density at radius 3 is 2.64 bits per heavy atom. The molecule has 4 fully saturated rings. The van der Waals surface area contributed by atoms with E-state index in [1.165, 1.54) is 19.3 Å². The van der Waals surface area contributed by atoms with Crippen molar-refractivity contribution in [1.29, 1.82) is 0 Å². The SMILES string of the molecule is COc1cccc(OCCNC(=O)C23CC4CC(CC(Br)(C4)C2)C3)c1. The van der Waals surface area contributed by atoms with E-state index in [1.54, 1.807) is 7.11 Å². The van der Waals surface area contributed by atoms with E-state index in [-0.39, 0.29) is 15.6 Å². The van der Waals surface area contributed by atoms with Crippen LogP contribution in [0.25, 0.3) is 0 Å². The van der Waals surface area contributed by atoms with Crippen LogP contribution in [0.2, 0.25) is 0 Å². The lowest BCUT2D eigenvalue weighted by atomic mass is 9.49. The molecule has 2 unspecified atom stereocenters. The van der Waals surface area contributed by atoms with Gasteiger partial charge in [-0.2, -0.15) is 0 Å². The van der Waals surface area contributed by atoms with E-state index >= 15 is 0 Å². The molecule has 4 nitrogen and oxygen atoms in total. The minimum Gasteiger partial charge on any atom is -0.497 e. The number of carbonyl (C=O) groups is 1. The Bertz CT molecular complexity index is 648. The summed E-state index contributed by atoms with van der Waals surface area (Å²) in [6, 6.07) is 7.54. The summed E-state index contributed by atoms with van der Waals surface area (Å²) in [6.07, 6.45) is 6.95. The lowest BCUT2D eigenvalue weighted by Crippen LogP contribution is -2.58. The van der Waals surface area contributed by atoms with Crippen LogP contribution in [0.1, 0.15) is 38.5 Å². The summed E-state index contributed by atoms with van der Waals surface area (Å²) in [4.78, 5) is 12.9. The molecule has 4 saturated carbocycles. The van der Waals surface area contributed by atoms with Crippen LogP contribution >= 0.6 is 15.9 Å². The first-order valence-corrected chi connectivity index (χ1v) is 10.0. The minimum absolute atomic E-state index is 0.149. The smallest absolute Gasteiger partial charge is 0.226 e. The Balaban J connectivity index is 1.31. The van der Waals surface area contributed by atoms with Crippen LogP contribution in [0.5, 0.6) is 11.5 Å². The second-order valence-corrected chi connectivity index (χ2v) is 9.86. The Morgan fingerprint density at radius 1 is 1.24 bits per heavy atom. The van der Waals surface area contributed by atoms with Gasteiger partial charge >= 0.3 is 0 Å². The molecule has 0 spiro atoms. The van der Waals surface area contributed by atoms with Gasteiger partial charge in [-0.1, -0.05) is 22.0 Å². The van der Waals surface area contributed by atoms with Gasteiger partial charge in [0.05, 0.1) is 19.1 Å². The van der Waals surface area contributed by atoms with Gasteiger partial charge in [-0.05, 0) is 62.5 Å². The highest BCUT2D eigenvalue weighted by Crippen LogP contribution is 2.64. The first kappa shape index (κ1) is 17.2. The molecule has 4 aliphatic rings. The third-order valence-electron chi connectivity index (χ3n) is 6.17. The maximum Gasteiger partial charge on any atom is 0.226 e. The van der Waals surface area contributed by atoms with E-state index in [2.05, 4.69) is 21.2 Å². The van der Waals surface area contributed by atoms with E-state index in [0.717, 1.165) is 42.6 Å². The molecule has 0 heterocycles. The summed E-state index contributed by atoms with van der Waals surface area (Å²) in [5.41, 5.74) is -0.149. The number of nitrogens with one attached hydrogen (secondary N) is 1. The summed E-state index contributed by atoms with van der Waals surface area (Å²) in [6.45, 7) is 1.02. The van der Waals surface area contributed by atoms with Crippen LogP contribution in [0, 0.1) is 17.3 Å². The molecular weight excluding hydrogens is 382 g/mol. The van der Waals surface area contributed by atoms with Crippen LogP contribution in [0.15, 0.2) is 24.3 Å². The zero-order valence-corrected chi connectivity index (χ0v) is 16.3. The number of methoxy groups -OCH3 is 1. The van der Waals surface area contributed by atoms with E-state index in [9.17, 15) is 4.79 Å². The van der Waals surface area contributed by atoms with Crippen LogP contribution in [0.3, 0.4) is 0 Å². The molecule has 1 amide bonds. The van der Waals surface area contributed by atoms with Crippen molar-refractivity contribution < 1.29 is 14.3 Å². The number of hydrogen-bond donors (Lipinski definition) is 1. The Labute approximate surface area is 157 Å². The van der Waals surface area contributed by atoms with E-state index < -0.39 is 0 Å². The minimum atomic E-state index is -0.149. The van der Waals surface area contributed by atoms with E-state index in [1.807, 2.05) is 24.3 Å². The summed E-state index contributed by atoms with van der Waals surface area (Å²) in [5.74, 6) is 3.22. The van der Waals surface area contributed by atoms with Gasteiger partial charge in [-0.15, -0.1) is 0 Å². The van der Waals surface area contributed by atoms with Gasteiger partial charge in [0, 0.05) is 10.4 Å². The number of benzene rings is 1. The highest BCUT2D eigenvalue weighted by Gasteiger charge is 2.59. The molecule has 1 aromatic carbocycles. The largest absolute Gasteiger partial charge is 0.497 e. The Hall–Kier alpha value is -1.23. The highest BCUT2D eigenvalue weighted by molar-refractivity contribution is 9.10. The average Bonchev–Trinajstić information content (AvgIpc) is 2.56. The second kappa shape index (κ2) is 6.49. The van der Waals surface area contributed by atoms with Gasteiger partial charge in [-0.25, -0.2) is 0 Å². The number of rotatable bonds is 6. The molecule has 5 rings (SSSR count). The molecule has 5 heteroatoms. The third-order valence-corrected chi connectivity index (χ3v) is 7.10. The summed E-state index contributed by atoms with van der Waals surface area (Å²) < 4.78 is 11.1. The summed E-state index contributed by atoms with van der Waals surface area (Å²) >= 11 is 3.97. The zero-order chi connectivity index (χ0) is 17.5. The number of alkyl halides is 1. The molecule has 0 saturated heterocycles. The quantitative estimate of drug-likeness (QED) is 0.573. The topological polar surface area (TPSA) is 47.6 Å². The van der Waals surface area contributed by atoms with Gasteiger partial charge in [0.2, 0.25) is 5.91 Å². The molecule has 2 atom stereocenters. The van der Waals surface area contributed by atoms with Crippen LogP contribution < -0.4 is 14.8 Å². The summed E-state index contributed by atoms with van der Waals surface area (Å²) in [5, 5.41) is 3.14. The molecule has 25 heavy (non-hydrogen) atoms. The van der Waals surface area contributed by atoms with Gasteiger partial charge in [0.1, 0.15) is 18.1 Å². The number of ether oxygens (including phenoxy) is 2. The summed E-state index contributed by atoms with van der Waals surface area (Å²) in [7, 11) is 1.64.